The van der Waals surface area contributed by atoms with E-state index in [0.29, 0.717) is 5.69 Å². The largest absolute Gasteiger partial charge is 1.00 e. The molecule has 15 heavy (non-hydrogen) atoms. The van der Waals surface area contributed by atoms with E-state index in [-0.39, 0.29) is 34.6 Å². The van der Waals surface area contributed by atoms with Crippen molar-refractivity contribution in [2.24, 2.45) is 0 Å². The molecule has 0 spiro atoms. The van der Waals surface area contributed by atoms with Gasteiger partial charge in [-0.2, -0.15) is 0 Å². The minimum Gasteiger partial charge on any atom is -0.766 e. The first-order valence-corrected chi connectivity index (χ1v) is 4.96. The van der Waals surface area contributed by atoms with E-state index in [1.807, 2.05) is 30.3 Å². The maximum absolute atomic E-state index is 10.5. The molecule has 0 fully saturated rings. The molecule has 0 aliphatic rings. The fourth-order valence-corrected chi connectivity index (χ4v) is 1.39. The summed E-state index contributed by atoms with van der Waals surface area (Å²) in [6, 6.07) is 10.6. The van der Waals surface area contributed by atoms with Gasteiger partial charge in [0.2, 0.25) is 5.09 Å². The van der Waals surface area contributed by atoms with Crippen LogP contribution in [-0.4, -0.2) is 13.9 Å². The Hall–Kier alpha value is -0.460. The molecular formula is C9H6NNaO3S. The molecule has 0 aliphatic carbocycles. The molecule has 1 atom stereocenters. The standard InChI is InChI=1S/C9H7NO3S.Na/c11-14(12)9-6-8(10-13-9)7-4-2-1-3-5-7;/h1-6H,(H,11,12);/q;+1/p-1. The van der Waals surface area contributed by atoms with Gasteiger partial charge >= 0.3 is 29.6 Å². The molecule has 0 aliphatic heterocycles. The van der Waals surface area contributed by atoms with Crippen LogP contribution in [0.1, 0.15) is 0 Å². The van der Waals surface area contributed by atoms with Crippen molar-refractivity contribution in [1.82, 2.24) is 5.16 Å². The van der Waals surface area contributed by atoms with Crippen LogP contribution in [0.5, 0.6) is 0 Å². The van der Waals surface area contributed by atoms with Crippen LogP contribution in [0.3, 0.4) is 0 Å². The molecule has 0 N–H and O–H groups in total. The Morgan fingerprint density at radius 2 is 1.93 bits per heavy atom. The minimum atomic E-state index is -2.36. The second kappa shape index (κ2) is 5.58. The third kappa shape index (κ3) is 2.99. The van der Waals surface area contributed by atoms with Gasteiger partial charge in [-0.25, -0.2) is 0 Å². The molecule has 2 aromatic rings. The fourth-order valence-electron chi connectivity index (χ4n) is 1.08. The monoisotopic (exact) mass is 231 g/mol. The molecule has 4 nitrogen and oxygen atoms in total. The van der Waals surface area contributed by atoms with Crippen LogP contribution >= 0.6 is 0 Å². The summed E-state index contributed by atoms with van der Waals surface area (Å²) in [6.45, 7) is 0. The van der Waals surface area contributed by atoms with E-state index in [9.17, 15) is 8.76 Å². The van der Waals surface area contributed by atoms with Gasteiger partial charge in [-0.1, -0.05) is 35.5 Å². The molecule has 0 saturated heterocycles. The zero-order chi connectivity index (χ0) is 9.97. The first-order valence-electron chi connectivity index (χ1n) is 3.89. The predicted molar refractivity (Wildman–Crippen MR) is 49.1 cm³/mol. The number of hydrogen-bond acceptors (Lipinski definition) is 4. The van der Waals surface area contributed by atoms with E-state index in [0.717, 1.165) is 5.56 Å². The van der Waals surface area contributed by atoms with E-state index in [1.54, 1.807) is 0 Å². The Bertz CT molecular complexity index is 457. The van der Waals surface area contributed by atoms with E-state index in [4.69, 9.17) is 0 Å². The molecule has 72 valence electrons. The van der Waals surface area contributed by atoms with Gasteiger partial charge < -0.3 is 9.08 Å². The van der Waals surface area contributed by atoms with Gasteiger partial charge in [0.1, 0.15) is 5.69 Å². The summed E-state index contributed by atoms with van der Waals surface area (Å²) in [5.74, 6) is 0. The third-order valence-corrected chi connectivity index (χ3v) is 2.24. The topological polar surface area (TPSA) is 66.2 Å². The van der Waals surface area contributed by atoms with Crippen LogP contribution in [-0.2, 0) is 11.1 Å². The summed E-state index contributed by atoms with van der Waals surface area (Å²) in [5, 5.41) is 3.49. The van der Waals surface area contributed by atoms with Gasteiger partial charge in [0.15, 0.2) is 0 Å². The molecule has 0 amide bonds. The average Bonchev–Trinajstić information content (AvgIpc) is 2.68. The van der Waals surface area contributed by atoms with Crippen molar-refractivity contribution < 1.29 is 42.8 Å². The normalized spacial score (nSPS) is 11.8. The summed E-state index contributed by atoms with van der Waals surface area (Å²) in [4.78, 5) is 0. The van der Waals surface area contributed by atoms with Crippen molar-refractivity contribution in [3.8, 4) is 11.3 Å². The number of hydrogen-bond donors (Lipinski definition) is 0. The van der Waals surface area contributed by atoms with Crippen LogP contribution in [0.2, 0.25) is 0 Å². The molecule has 1 aromatic carbocycles. The second-order valence-corrected chi connectivity index (χ2v) is 3.50. The number of aromatic nitrogens is 1. The van der Waals surface area contributed by atoms with Gasteiger partial charge in [-0.05, 0) is 0 Å². The van der Waals surface area contributed by atoms with Crippen LogP contribution < -0.4 is 29.6 Å². The summed E-state index contributed by atoms with van der Waals surface area (Å²) in [5.41, 5.74) is 1.35. The Labute approximate surface area is 111 Å². The summed E-state index contributed by atoms with van der Waals surface area (Å²) >= 11 is -2.36. The fraction of sp³-hybridized carbons (Fsp3) is 0. The summed E-state index contributed by atoms with van der Waals surface area (Å²) in [6.07, 6.45) is 0. The Kier molecular flexibility index (Phi) is 4.69. The molecule has 6 heteroatoms. The van der Waals surface area contributed by atoms with Crippen LogP contribution in [0.25, 0.3) is 11.3 Å². The van der Waals surface area contributed by atoms with Crippen molar-refractivity contribution in [1.29, 1.82) is 0 Å². The molecule has 2 rings (SSSR count). The first kappa shape index (κ1) is 12.6. The van der Waals surface area contributed by atoms with E-state index >= 15 is 0 Å². The van der Waals surface area contributed by atoms with Gasteiger partial charge in [0, 0.05) is 22.7 Å². The first-order chi connectivity index (χ1) is 6.77. The van der Waals surface area contributed by atoms with Crippen molar-refractivity contribution in [2.45, 2.75) is 5.09 Å². The van der Waals surface area contributed by atoms with E-state index in [2.05, 4.69) is 9.68 Å². The Morgan fingerprint density at radius 3 is 2.47 bits per heavy atom. The molecular weight excluding hydrogens is 225 g/mol. The Morgan fingerprint density at radius 1 is 1.27 bits per heavy atom. The second-order valence-electron chi connectivity index (χ2n) is 2.63. The van der Waals surface area contributed by atoms with Crippen molar-refractivity contribution in [3.05, 3.63) is 36.4 Å². The van der Waals surface area contributed by atoms with Crippen LogP contribution in [0, 0.1) is 0 Å². The average molecular weight is 231 g/mol. The van der Waals surface area contributed by atoms with E-state index < -0.39 is 11.1 Å². The van der Waals surface area contributed by atoms with Crippen molar-refractivity contribution in [3.63, 3.8) is 0 Å². The molecule has 0 saturated carbocycles. The van der Waals surface area contributed by atoms with Gasteiger partial charge in [-0.15, -0.1) is 0 Å². The number of benzene rings is 1. The summed E-state index contributed by atoms with van der Waals surface area (Å²) < 4.78 is 25.6. The molecule has 1 unspecified atom stereocenters. The number of nitrogens with zero attached hydrogens (tertiary/aromatic N) is 1. The SMILES string of the molecule is O=S([O-])c1cc(-c2ccccc2)no1.[Na+]. The zero-order valence-electron chi connectivity index (χ0n) is 8.04. The molecule has 0 bridgehead atoms. The predicted octanol–water partition coefficient (Wildman–Crippen LogP) is -1.42. The maximum Gasteiger partial charge on any atom is 1.00 e. The van der Waals surface area contributed by atoms with Gasteiger partial charge in [-0.3, -0.25) is 4.21 Å². The molecule has 0 radical (unpaired) electrons. The smallest absolute Gasteiger partial charge is 0.766 e. The maximum atomic E-state index is 10.5. The van der Waals surface area contributed by atoms with E-state index in [1.165, 1.54) is 6.07 Å². The number of rotatable bonds is 2. The van der Waals surface area contributed by atoms with Crippen LogP contribution in [0.4, 0.5) is 0 Å². The Balaban J connectivity index is 0.00000112. The molecule has 1 heterocycles. The molecule has 1 aromatic heterocycles. The zero-order valence-corrected chi connectivity index (χ0v) is 10.9. The minimum absolute atomic E-state index is 0. The van der Waals surface area contributed by atoms with Crippen molar-refractivity contribution >= 4 is 11.1 Å². The summed E-state index contributed by atoms with van der Waals surface area (Å²) in [7, 11) is 0. The third-order valence-electron chi connectivity index (χ3n) is 1.72. The van der Waals surface area contributed by atoms with Crippen molar-refractivity contribution in [2.75, 3.05) is 0 Å². The van der Waals surface area contributed by atoms with Crippen LogP contribution in [0.15, 0.2) is 46.0 Å². The van der Waals surface area contributed by atoms with Gasteiger partial charge in [0.25, 0.3) is 0 Å². The van der Waals surface area contributed by atoms with Gasteiger partial charge in [0.05, 0.1) is 0 Å². The quantitative estimate of drug-likeness (QED) is 0.470.